The first-order valence-corrected chi connectivity index (χ1v) is 9.65. The SMILES string of the molecule is CN(C(=O)OC(C)(C)C)c1cc(Cl)c(C#N)c2c1Cc1ncc(Br)c(Cl)c1-2. The molecule has 1 aromatic heterocycles. The molecule has 1 aromatic carbocycles. The van der Waals surface area contributed by atoms with Crippen LogP contribution in [-0.2, 0) is 11.2 Å². The fraction of sp³-hybridized carbons (Fsp3) is 0.316. The monoisotopic (exact) mass is 467 g/mol. The number of hydrogen-bond acceptors (Lipinski definition) is 4. The number of aromatic nitrogens is 1. The Hall–Kier alpha value is -1.81. The van der Waals surface area contributed by atoms with Gasteiger partial charge in [0, 0.05) is 30.8 Å². The first kappa shape index (κ1) is 19.9. The molecule has 1 heterocycles. The number of carbonyl (C=O) groups excluding carboxylic acids is 1. The number of ether oxygens (including phenoxy) is 1. The maximum Gasteiger partial charge on any atom is 0.414 e. The number of pyridine rings is 1. The minimum Gasteiger partial charge on any atom is -0.443 e. The number of rotatable bonds is 1. The van der Waals surface area contributed by atoms with Gasteiger partial charge in [0.15, 0.2) is 0 Å². The molecule has 1 amide bonds. The summed E-state index contributed by atoms with van der Waals surface area (Å²) in [7, 11) is 1.61. The van der Waals surface area contributed by atoms with Crippen LogP contribution < -0.4 is 4.90 Å². The zero-order valence-electron chi connectivity index (χ0n) is 15.2. The summed E-state index contributed by atoms with van der Waals surface area (Å²) in [5.41, 5.74) is 3.02. The van der Waals surface area contributed by atoms with E-state index in [1.165, 1.54) is 4.90 Å². The van der Waals surface area contributed by atoms with Crippen molar-refractivity contribution in [1.82, 2.24) is 4.98 Å². The molecule has 1 aliphatic rings. The van der Waals surface area contributed by atoms with E-state index >= 15 is 0 Å². The molecule has 2 aromatic rings. The fourth-order valence-corrected chi connectivity index (χ4v) is 3.82. The normalized spacial score (nSPS) is 12.2. The number of benzene rings is 1. The summed E-state index contributed by atoms with van der Waals surface area (Å²) in [5.74, 6) is 0. The summed E-state index contributed by atoms with van der Waals surface area (Å²) in [6.07, 6.45) is 1.55. The fourth-order valence-electron chi connectivity index (χ4n) is 3.03. The molecule has 0 aliphatic heterocycles. The average molecular weight is 469 g/mol. The van der Waals surface area contributed by atoms with Gasteiger partial charge in [-0.15, -0.1) is 0 Å². The van der Waals surface area contributed by atoms with Crippen molar-refractivity contribution in [2.45, 2.75) is 32.8 Å². The first-order valence-electron chi connectivity index (χ1n) is 8.10. The van der Waals surface area contributed by atoms with Gasteiger partial charge in [-0.2, -0.15) is 5.26 Å². The smallest absolute Gasteiger partial charge is 0.414 e. The summed E-state index contributed by atoms with van der Waals surface area (Å²) < 4.78 is 6.09. The molecule has 0 N–H and O–H groups in total. The molecule has 0 saturated carbocycles. The van der Waals surface area contributed by atoms with Gasteiger partial charge < -0.3 is 4.74 Å². The summed E-state index contributed by atoms with van der Waals surface area (Å²) in [5, 5.41) is 10.3. The van der Waals surface area contributed by atoms with Crippen LogP contribution in [0.3, 0.4) is 0 Å². The number of fused-ring (bicyclic) bond motifs is 3. The van der Waals surface area contributed by atoms with Gasteiger partial charge in [-0.1, -0.05) is 23.2 Å². The number of carbonyl (C=O) groups is 1. The topological polar surface area (TPSA) is 66.2 Å². The second kappa shape index (κ2) is 6.97. The molecule has 0 radical (unpaired) electrons. The molecular weight excluding hydrogens is 453 g/mol. The van der Waals surface area contributed by atoms with Crippen molar-refractivity contribution >= 4 is 50.9 Å². The molecule has 0 atom stereocenters. The maximum atomic E-state index is 12.6. The first-order chi connectivity index (χ1) is 12.5. The van der Waals surface area contributed by atoms with Crippen LogP contribution in [0.25, 0.3) is 11.1 Å². The van der Waals surface area contributed by atoms with Crippen LogP contribution in [0.4, 0.5) is 10.5 Å². The number of nitrogens with zero attached hydrogens (tertiary/aromatic N) is 3. The third-order valence-electron chi connectivity index (χ3n) is 4.15. The second-order valence-corrected chi connectivity index (χ2v) is 8.82. The van der Waals surface area contributed by atoms with E-state index in [4.69, 9.17) is 27.9 Å². The number of hydrogen-bond donors (Lipinski definition) is 0. The quantitative estimate of drug-likeness (QED) is 0.441. The van der Waals surface area contributed by atoms with Gasteiger partial charge in [-0.05, 0) is 48.3 Å². The molecule has 0 unspecified atom stereocenters. The molecule has 27 heavy (non-hydrogen) atoms. The number of amides is 1. The van der Waals surface area contributed by atoms with Crippen molar-refractivity contribution in [2.75, 3.05) is 11.9 Å². The minimum absolute atomic E-state index is 0.241. The van der Waals surface area contributed by atoms with Gasteiger partial charge in [0.25, 0.3) is 0 Å². The summed E-state index contributed by atoms with van der Waals surface area (Å²) in [4.78, 5) is 18.4. The Morgan fingerprint density at radius 1 is 1.37 bits per heavy atom. The molecule has 0 bridgehead atoms. The van der Waals surface area contributed by atoms with Crippen molar-refractivity contribution < 1.29 is 9.53 Å². The van der Waals surface area contributed by atoms with Crippen LogP contribution in [0.2, 0.25) is 10.0 Å². The van der Waals surface area contributed by atoms with E-state index < -0.39 is 11.7 Å². The Balaban J connectivity index is 2.22. The van der Waals surface area contributed by atoms with E-state index in [-0.39, 0.29) is 5.02 Å². The Labute approximate surface area is 176 Å². The summed E-state index contributed by atoms with van der Waals surface area (Å²) in [6.45, 7) is 5.39. The zero-order valence-corrected chi connectivity index (χ0v) is 18.3. The number of nitriles is 1. The Morgan fingerprint density at radius 2 is 2.04 bits per heavy atom. The van der Waals surface area contributed by atoms with Gasteiger partial charge in [0.2, 0.25) is 0 Å². The van der Waals surface area contributed by atoms with Crippen LogP contribution in [-0.4, -0.2) is 23.7 Å². The van der Waals surface area contributed by atoms with Gasteiger partial charge in [0.05, 0.1) is 31.5 Å². The van der Waals surface area contributed by atoms with Crippen molar-refractivity contribution in [1.29, 1.82) is 5.26 Å². The molecule has 0 spiro atoms. The third kappa shape index (κ3) is 3.52. The lowest BCUT2D eigenvalue weighted by Gasteiger charge is -2.26. The zero-order chi connectivity index (χ0) is 20.1. The second-order valence-electron chi connectivity index (χ2n) is 7.18. The summed E-state index contributed by atoms with van der Waals surface area (Å²) in [6, 6.07) is 3.76. The molecule has 0 fully saturated rings. The Morgan fingerprint density at radius 3 is 2.63 bits per heavy atom. The number of anilines is 1. The highest BCUT2D eigenvalue weighted by Gasteiger charge is 2.33. The van der Waals surface area contributed by atoms with E-state index in [9.17, 15) is 10.1 Å². The van der Waals surface area contributed by atoms with E-state index in [0.717, 1.165) is 11.3 Å². The molecule has 0 saturated heterocycles. The summed E-state index contributed by atoms with van der Waals surface area (Å²) >= 11 is 16.2. The van der Waals surface area contributed by atoms with Crippen molar-refractivity contribution in [2.24, 2.45) is 0 Å². The molecule has 8 heteroatoms. The molecule has 5 nitrogen and oxygen atoms in total. The van der Waals surface area contributed by atoms with E-state index in [1.54, 1.807) is 40.1 Å². The lowest BCUT2D eigenvalue weighted by Crippen LogP contribution is -2.34. The standard InChI is InChI=1S/C19H16BrCl2N3O2/c1-19(2,3)27-18(26)25(4)14-6-12(21)10(7-23)15-9(14)5-13-16(15)17(22)11(20)8-24-13/h6,8H,5H2,1-4H3. The van der Waals surface area contributed by atoms with Crippen molar-refractivity contribution in [3.05, 3.63) is 43.6 Å². The largest absolute Gasteiger partial charge is 0.443 e. The van der Waals surface area contributed by atoms with Gasteiger partial charge in [-0.25, -0.2) is 4.79 Å². The molecular formula is C19H16BrCl2N3O2. The lowest BCUT2D eigenvalue weighted by atomic mass is 9.98. The highest BCUT2D eigenvalue weighted by atomic mass is 79.9. The number of halogens is 3. The van der Waals surface area contributed by atoms with Crippen LogP contribution in [0.15, 0.2) is 16.7 Å². The lowest BCUT2D eigenvalue weighted by molar-refractivity contribution is 0.0589. The Bertz CT molecular complexity index is 1010. The van der Waals surface area contributed by atoms with E-state index in [2.05, 4.69) is 27.0 Å². The van der Waals surface area contributed by atoms with Crippen LogP contribution in [0.5, 0.6) is 0 Å². The molecule has 140 valence electrons. The van der Waals surface area contributed by atoms with Crippen molar-refractivity contribution in [3.63, 3.8) is 0 Å². The van der Waals surface area contributed by atoms with Gasteiger partial charge >= 0.3 is 6.09 Å². The van der Waals surface area contributed by atoms with E-state index in [1.807, 2.05) is 0 Å². The van der Waals surface area contributed by atoms with Gasteiger partial charge in [-0.3, -0.25) is 9.88 Å². The van der Waals surface area contributed by atoms with Crippen LogP contribution in [0.1, 0.15) is 37.6 Å². The van der Waals surface area contributed by atoms with E-state index in [0.29, 0.717) is 38.3 Å². The highest BCUT2D eigenvalue weighted by Crippen LogP contribution is 2.49. The van der Waals surface area contributed by atoms with Crippen LogP contribution in [0, 0.1) is 11.3 Å². The predicted octanol–water partition coefficient (Wildman–Crippen LogP) is 5.97. The highest BCUT2D eigenvalue weighted by molar-refractivity contribution is 9.10. The third-order valence-corrected chi connectivity index (χ3v) is 5.67. The molecule has 3 rings (SSSR count). The maximum absolute atomic E-state index is 12.6. The van der Waals surface area contributed by atoms with Crippen molar-refractivity contribution in [3.8, 4) is 17.2 Å². The predicted molar refractivity (Wildman–Crippen MR) is 110 cm³/mol. The Kier molecular flexibility index (Phi) is 5.15. The molecule has 1 aliphatic carbocycles. The minimum atomic E-state index is -0.635. The van der Waals surface area contributed by atoms with Crippen LogP contribution >= 0.6 is 39.1 Å². The average Bonchev–Trinajstić information content (AvgIpc) is 2.95. The van der Waals surface area contributed by atoms with Gasteiger partial charge in [0.1, 0.15) is 11.7 Å².